The van der Waals surface area contributed by atoms with E-state index in [1.165, 1.54) is 5.56 Å². The van der Waals surface area contributed by atoms with Crippen molar-refractivity contribution < 1.29 is 19.4 Å². The average Bonchev–Trinajstić information content (AvgIpc) is 3.33. The van der Waals surface area contributed by atoms with Gasteiger partial charge < -0.3 is 20.1 Å². The van der Waals surface area contributed by atoms with Gasteiger partial charge in [-0.25, -0.2) is 14.7 Å². The molecule has 8 nitrogen and oxygen atoms in total. The Labute approximate surface area is 179 Å². The number of rotatable bonds is 5. The maximum Gasteiger partial charge on any atom is 0.414 e. The summed E-state index contributed by atoms with van der Waals surface area (Å²) >= 11 is 6.22. The van der Waals surface area contributed by atoms with Crippen LogP contribution in [0.25, 0.3) is 0 Å². The van der Waals surface area contributed by atoms with Crippen molar-refractivity contribution in [3.63, 3.8) is 0 Å². The fourth-order valence-electron chi connectivity index (χ4n) is 3.94. The number of nitrogens with zero attached hydrogens (tertiary/aromatic N) is 3. The largest absolute Gasteiger partial charge is 0.465 e. The molecular formula is C21H23ClN4O4. The van der Waals surface area contributed by atoms with Gasteiger partial charge in [0.15, 0.2) is 0 Å². The lowest BCUT2D eigenvalue weighted by Gasteiger charge is -2.19. The van der Waals surface area contributed by atoms with E-state index >= 15 is 0 Å². The highest BCUT2D eigenvalue weighted by molar-refractivity contribution is 6.32. The van der Waals surface area contributed by atoms with Gasteiger partial charge in [0, 0.05) is 29.7 Å². The van der Waals surface area contributed by atoms with E-state index in [-0.39, 0.29) is 12.1 Å². The Kier molecular flexibility index (Phi) is 5.64. The van der Waals surface area contributed by atoms with Gasteiger partial charge in [-0.05, 0) is 44.3 Å². The number of hydrogen-bond acceptors (Lipinski definition) is 6. The standard InChI is InChI=1S/C21H23ClN4O4/c1-25(2)10-17-13(12-7-8-30-11-12)3-6-18(24-17)23-16-5-4-15(22)14-9-26(21(28)29)20(27)19(14)16/h3-6,12H,7-11H2,1-2H3,(H,23,24)(H,28,29). The molecule has 4 rings (SSSR count). The summed E-state index contributed by atoms with van der Waals surface area (Å²) in [7, 11) is 3.98. The van der Waals surface area contributed by atoms with Crippen molar-refractivity contribution in [3.8, 4) is 0 Å². The number of amides is 2. The van der Waals surface area contributed by atoms with E-state index in [2.05, 4.69) is 16.3 Å². The lowest BCUT2D eigenvalue weighted by atomic mass is 9.96. The summed E-state index contributed by atoms with van der Waals surface area (Å²) in [6.07, 6.45) is -0.327. The van der Waals surface area contributed by atoms with Crippen LogP contribution < -0.4 is 5.32 Å². The van der Waals surface area contributed by atoms with E-state index in [4.69, 9.17) is 21.3 Å². The number of benzene rings is 1. The smallest absolute Gasteiger partial charge is 0.414 e. The molecule has 0 bridgehead atoms. The van der Waals surface area contributed by atoms with E-state index in [0.29, 0.717) is 41.2 Å². The summed E-state index contributed by atoms with van der Waals surface area (Å²) in [6, 6.07) is 7.26. The summed E-state index contributed by atoms with van der Waals surface area (Å²) in [5.74, 6) is 0.323. The summed E-state index contributed by atoms with van der Waals surface area (Å²) in [6.45, 7) is 2.06. The highest BCUT2D eigenvalue weighted by atomic mass is 35.5. The minimum absolute atomic E-state index is 0.0578. The number of hydrogen-bond donors (Lipinski definition) is 2. The molecule has 2 amide bonds. The first-order chi connectivity index (χ1) is 14.3. The Balaban J connectivity index is 1.68. The van der Waals surface area contributed by atoms with Gasteiger partial charge in [-0.3, -0.25) is 4.79 Å². The van der Waals surface area contributed by atoms with Crippen molar-refractivity contribution in [1.82, 2.24) is 14.8 Å². The molecule has 1 aromatic heterocycles. The molecule has 2 N–H and O–H groups in total. The number of pyridine rings is 1. The number of aromatic nitrogens is 1. The van der Waals surface area contributed by atoms with Crippen molar-refractivity contribution in [3.05, 3.63) is 51.7 Å². The Bertz CT molecular complexity index is 1000. The predicted octanol–water partition coefficient (Wildman–Crippen LogP) is 3.68. The molecule has 1 atom stereocenters. The quantitative estimate of drug-likeness (QED) is 0.747. The van der Waals surface area contributed by atoms with E-state index in [0.717, 1.165) is 23.6 Å². The van der Waals surface area contributed by atoms with E-state index in [9.17, 15) is 14.7 Å². The lowest BCUT2D eigenvalue weighted by Crippen LogP contribution is -2.29. The number of fused-ring (bicyclic) bond motifs is 1. The van der Waals surface area contributed by atoms with Crippen LogP contribution in [0.4, 0.5) is 16.3 Å². The van der Waals surface area contributed by atoms with Crippen LogP contribution in [0, 0.1) is 0 Å². The molecule has 1 unspecified atom stereocenters. The van der Waals surface area contributed by atoms with E-state index in [1.807, 2.05) is 20.2 Å². The summed E-state index contributed by atoms with van der Waals surface area (Å²) < 4.78 is 5.54. The fraction of sp³-hybridized carbons (Fsp3) is 0.381. The van der Waals surface area contributed by atoms with Crippen molar-refractivity contribution in [1.29, 1.82) is 0 Å². The molecule has 1 saturated heterocycles. The second-order valence-corrected chi connectivity index (χ2v) is 8.19. The monoisotopic (exact) mass is 430 g/mol. The topological polar surface area (TPSA) is 95.0 Å². The van der Waals surface area contributed by atoms with Crippen LogP contribution in [-0.4, -0.2) is 59.2 Å². The number of halogens is 1. The van der Waals surface area contributed by atoms with Gasteiger partial charge in [0.2, 0.25) is 0 Å². The van der Waals surface area contributed by atoms with Crippen LogP contribution in [0.3, 0.4) is 0 Å². The average molecular weight is 431 g/mol. The number of ether oxygens (including phenoxy) is 1. The molecule has 0 saturated carbocycles. The third-order valence-electron chi connectivity index (χ3n) is 5.37. The molecule has 0 radical (unpaired) electrons. The maximum atomic E-state index is 12.6. The van der Waals surface area contributed by atoms with Gasteiger partial charge in [-0.1, -0.05) is 17.7 Å². The Morgan fingerprint density at radius 3 is 2.83 bits per heavy atom. The van der Waals surface area contributed by atoms with Crippen LogP contribution in [-0.2, 0) is 17.8 Å². The van der Waals surface area contributed by atoms with Crippen LogP contribution in [0.15, 0.2) is 24.3 Å². The molecule has 2 aliphatic heterocycles. The van der Waals surface area contributed by atoms with Crippen LogP contribution >= 0.6 is 11.6 Å². The number of nitrogens with one attached hydrogen (secondary N) is 1. The number of carbonyl (C=O) groups is 2. The Morgan fingerprint density at radius 1 is 1.37 bits per heavy atom. The fourth-order valence-corrected chi connectivity index (χ4v) is 4.16. The molecule has 2 aliphatic rings. The van der Waals surface area contributed by atoms with Gasteiger partial charge in [0.25, 0.3) is 5.91 Å². The van der Waals surface area contributed by atoms with Crippen LogP contribution in [0.5, 0.6) is 0 Å². The molecule has 9 heteroatoms. The maximum absolute atomic E-state index is 12.6. The first-order valence-corrected chi connectivity index (χ1v) is 10.1. The predicted molar refractivity (Wildman–Crippen MR) is 112 cm³/mol. The first-order valence-electron chi connectivity index (χ1n) is 9.70. The molecule has 2 aromatic rings. The summed E-state index contributed by atoms with van der Waals surface area (Å²) in [5.41, 5.74) is 3.38. The van der Waals surface area contributed by atoms with Gasteiger partial charge in [-0.15, -0.1) is 0 Å². The van der Waals surface area contributed by atoms with Gasteiger partial charge in [0.1, 0.15) is 5.82 Å². The minimum atomic E-state index is -1.30. The van der Waals surface area contributed by atoms with Crippen molar-refractivity contribution >= 4 is 35.1 Å². The summed E-state index contributed by atoms with van der Waals surface area (Å²) in [4.78, 5) is 31.6. The van der Waals surface area contributed by atoms with E-state index < -0.39 is 12.0 Å². The first kappa shape index (κ1) is 20.6. The van der Waals surface area contributed by atoms with Crippen molar-refractivity contribution in [2.45, 2.75) is 25.4 Å². The highest BCUT2D eigenvalue weighted by Gasteiger charge is 2.36. The number of carbonyl (C=O) groups excluding carboxylic acids is 1. The van der Waals surface area contributed by atoms with Crippen LogP contribution in [0.2, 0.25) is 5.02 Å². The number of imide groups is 1. The molecule has 30 heavy (non-hydrogen) atoms. The molecule has 1 aromatic carbocycles. The highest BCUT2D eigenvalue weighted by Crippen LogP contribution is 2.36. The zero-order valence-corrected chi connectivity index (χ0v) is 17.6. The Morgan fingerprint density at radius 2 is 2.17 bits per heavy atom. The number of carboxylic acid groups (broad SMARTS) is 1. The van der Waals surface area contributed by atoms with Crippen LogP contribution in [0.1, 0.15) is 39.5 Å². The molecule has 1 fully saturated rings. The summed E-state index contributed by atoms with van der Waals surface area (Å²) in [5, 5.41) is 12.9. The Hall–Kier alpha value is -2.68. The SMILES string of the molecule is CN(C)Cc1nc(Nc2ccc(Cl)c3c2C(=O)N(C(=O)O)C3)ccc1C1CCOC1. The second-order valence-electron chi connectivity index (χ2n) is 7.78. The molecule has 3 heterocycles. The molecule has 0 aliphatic carbocycles. The normalized spacial score (nSPS) is 18.2. The van der Waals surface area contributed by atoms with Gasteiger partial charge in [0.05, 0.1) is 30.1 Å². The number of anilines is 2. The van der Waals surface area contributed by atoms with Gasteiger partial charge in [-0.2, -0.15) is 0 Å². The zero-order chi connectivity index (χ0) is 21.4. The van der Waals surface area contributed by atoms with Crippen molar-refractivity contribution in [2.24, 2.45) is 0 Å². The molecule has 0 spiro atoms. The lowest BCUT2D eigenvalue weighted by molar-refractivity contribution is 0.0764. The molecule has 158 valence electrons. The third-order valence-corrected chi connectivity index (χ3v) is 5.72. The minimum Gasteiger partial charge on any atom is -0.465 e. The third kappa shape index (κ3) is 3.86. The second kappa shape index (κ2) is 8.22. The zero-order valence-electron chi connectivity index (χ0n) is 16.8. The van der Waals surface area contributed by atoms with E-state index in [1.54, 1.807) is 12.1 Å². The molecular weight excluding hydrogens is 408 g/mol. The van der Waals surface area contributed by atoms with Crippen molar-refractivity contribution in [2.75, 3.05) is 32.6 Å². The van der Waals surface area contributed by atoms with Gasteiger partial charge >= 0.3 is 6.09 Å².